The fourth-order valence-corrected chi connectivity index (χ4v) is 6.99. The minimum atomic E-state index is 0.0973. The van der Waals surface area contributed by atoms with Gasteiger partial charge >= 0.3 is 0 Å². The number of rotatable bonds is 3. The highest BCUT2D eigenvalue weighted by atomic mass is 16.5. The number of carbonyl (C=O) groups excluding carboxylic acids is 1. The normalized spacial score (nSPS) is 29.8. The molecule has 4 heterocycles. The van der Waals surface area contributed by atoms with Gasteiger partial charge in [-0.15, -0.1) is 0 Å². The van der Waals surface area contributed by atoms with Gasteiger partial charge in [-0.1, -0.05) is 18.1 Å². The Labute approximate surface area is 189 Å². The Balaban J connectivity index is 1.35. The Hall–Kier alpha value is -2.47. The van der Waals surface area contributed by atoms with E-state index >= 15 is 0 Å². The molecular formula is C26H33N3O3. The summed E-state index contributed by atoms with van der Waals surface area (Å²) in [5, 5.41) is 0.889. The van der Waals surface area contributed by atoms with Gasteiger partial charge in [0.05, 0.1) is 25.8 Å². The standard InChI is InChI=1S/C26H33N3O3/c1-31-22-8-9-23(32-2)24-19(22)14-20(27-24)26(30)29-11-5-6-16-12-17-13-18(25(16)29)15-28-10-4-3-7-21(17)28/h8-9,12,14,17-18,21,25,27H,3-7,10-11,13,15H2,1-2H3/t17-,18-,21-,25-/m0/s1. The van der Waals surface area contributed by atoms with Crippen molar-refractivity contribution in [1.82, 2.24) is 14.8 Å². The summed E-state index contributed by atoms with van der Waals surface area (Å²) in [6.07, 6.45) is 10.0. The van der Waals surface area contributed by atoms with Crippen LogP contribution in [0.25, 0.3) is 10.9 Å². The SMILES string of the molecule is COc1ccc(OC)c2[nH]c(C(=O)N3CCCC4=C[C@H]5C[C@@H](CN6CCCC[C@@H]56)[C@H]43)cc12. The van der Waals surface area contributed by atoms with Crippen LogP contribution in [0, 0.1) is 11.8 Å². The second kappa shape index (κ2) is 7.84. The number of aromatic amines is 1. The van der Waals surface area contributed by atoms with Crippen LogP contribution >= 0.6 is 0 Å². The lowest BCUT2D eigenvalue weighted by atomic mass is 9.68. The largest absolute Gasteiger partial charge is 0.496 e. The van der Waals surface area contributed by atoms with Gasteiger partial charge in [-0.2, -0.15) is 0 Å². The smallest absolute Gasteiger partial charge is 0.270 e. The highest BCUT2D eigenvalue weighted by molar-refractivity contribution is 6.01. The lowest BCUT2D eigenvalue weighted by molar-refractivity contribution is 0.00134. The Morgan fingerprint density at radius 3 is 2.78 bits per heavy atom. The summed E-state index contributed by atoms with van der Waals surface area (Å²) in [6.45, 7) is 3.19. The minimum Gasteiger partial charge on any atom is -0.496 e. The molecule has 2 aromatic rings. The highest BCUT2D eigenvalue weighted by Crippen LogP contribution is 2.45. The summed E-state index contributed by atoms with van der Waals surface area (Å²) >= 11 is 0. The monoisotopic (exact) mass is 435 g/mol. The second-order valence-corrected chi connectivity index (χ2v) is 9.95. The third-order valence-corrected chi connectivity index (χ3v) is 8.30. The van der Waals surface area contributed by atoms with E-state index in [9.17, 15) is 4.79 Å². The highest BCUT2D eigenvalue weighted by Gasteiger charge is 2.47. The van der Waals surface area contributed by atoms with E-state index in [1.54, 1.807) is 14.2 Å². The predicted octanol–water partition coefficient (Wildman–Crippen LogP) is 4.22. The third kappa shape index (κ3) is 3.06. The number of likely N-dealkylation sites (tertiary alicyclic amines) is 1. The van der Waals surface area contributed by atoms with Crippen molar-refractivity contribution in [2.45, 2.75) is 50.6 Å². The Kier molecular flexibility index (Phi) is 4.94. The van der Waals surface area contributed by atoms with E-state index in [-0.39, 0.29) is 11.9 Å². The molecule has 0 unspecified atom stereocenters. The molecule has 1 N–H and O–H groups in total. The van der Waals surface area contributed by atoms with Crippen LogP contribution in [-0.4, -0.2) is 66.6 Å². The van der Waals surface area contributed by atoms with Gasteiger partial charge in [0, 0.05) is 24.5 Å². The van der Waals surface area contributed by atoms with Crippen molar-refractivity contribution in [3.05, 3.63) is 35.5 Å². The van der Waals surface area contributed by atoms with Crippen LogP contribution in [0.15, 0.2) is 29.8 Å². The van der Waals surface area contributed by atoms with E-state index in [0.29, 0.717) is 17.5 Å². The molecule has 4 atom stereocenters. The number of carbonyl (C=O) groups is 1. The molecule has 1 aliphatic carbocycles. The minimum absolute atomic E-state index is 0.0973. The van der Waals surface area contributed by atoms with Gasteiger partial charge in [-0.3, -0.25) is 9.69 Å². The van der Waals surface area contributed by atoms with Crippen molar-refractivity contribution in [3.8, 4) is 11.5 Å². The number of H-pyrrole nitrogens is 1. The Bertz CT molecular complexity index is 1030. The number of amides is 1. The molecule has 3 fully saturated rings. The summed E-state index contributed by atoms with van der Waals surface area (Å²) < 4.78 is 11.1. The average Bonchev–Trinajstić information content (AvgIpc) is 3.28. The molecule has 0 spiro atoms. The topological polar surface area (TPSA) is 57.8 Å². The first-order valence-electron chi connectivity index (χ1n) is 12.2. The van der Waals surface area contributed by atoms with Gasteiger partial charge in [0.1, 0.15) is 17.2 Å². The zero-order valence-corrected chi connectivity index (χ0v) is 19.1. The fraction of sp³-hybridized carbons (Fsp3) is 0.577. The van der Waals surface area contributed by atoms with E-state index in [2.05, 4.69) is 20.9 Å². The van der Waals surface area contributed by atoms with Crippen LogP contribution in [0.4, 0.5) is 0 Å². The molecule has 4 aliphatic rings. The summed E-state index contributed by atoms with van der Waals surface area (Å²) in [5.41, 5.74) is 2.96. The maximum atomic E-state index is 13.8. The average molecular weight is 436 g/mol. The van der Waals surface area contributed by atoms with Crippen molar-refractivity contribution >= 4 is 16.8 Å². The quantitative estimate of drug-likeness (QED) is 0.734. The summed E-state index contributed by atoms with van der Waals surface area (Å²) in [5.74, 6) is 2.80. The number of piperidine rings is 3. The summed E-state index contributed by atoms with van der Waals surface area (Å²) in [7, 11) is 3.31. The van der Waals surface area contributed by atoms with Crippen LogP contribution in [0.3, 0.4) is 0 Å². The van der Waals surface area contributed by atoms with Crippen molar-refractivity contribution in [2.24, 2.45) is 11.8 Å². The molecule has 6 heteroatoms. The molecule has 3 saturated heterocycles. The predicted molar refractivity (Wildman–Crippen MR) is 124 cm³/mol. The van der Waals surface area contributed by atoms with Crippen LogP contribution < -0.4 is 9.47 Å². The van der Waals surface area contributed by atoms with E-state index in [4.69, 9.17) is 9.47 Å². The second-order valence-electron chi connectivity index (χ2n) is 9.95. The first kappa shape index (κ1) is 20.2. The number of nitrogens with zero attached hydrogens (tertiary/aromatic N) is 2. The number of aromatic nitrogens is 1. The van der Waals surface area contributed by atoms with Crippen molar-refractivity contribution < 1.29 is 14.3 Å². The molecule has 3 aliphatic heterocycles. The van der Waals surface area contributed by atoms with E-state index in [1.165, 1.54) is 37.8 Å². The molecule has 6 rings (SSSR count). The molecule has 170 valence electrons. The maximum Gasteiger partial charge on any atom is 0.270 e. The van der Waals surface area contributed by atoms with Crippen LogP contribution in [-0.2, 0) is 0 Å². The number of nitrogens with one attached hydrogen (secondary N) is 1. The molecule has 1 aromatic heterocycles. The van der Waals surface area contributed by atoms with Crippen molar-refractivity contribution in [1.29, 1.82) is 0 Å². The number of hydrogen-bond acceptors (Lipinski definition) is 4. The van der Waals surface area contributed by atoms with Gasteiger partial charge in [-0.05, 0) is 68.7 Å². The molecule has 6 nitrogen and oxygen atoms in total. The molecular weight excluding hydrogens is 402 g/mol. The van der Waals surface area contributed by atoms with E-state index in [0.717, 1.165) is 54.4 Å². The zero-order valence-electron chi connectivity index (χ0n) is 19.1. The van der Waals surface area contributed by atoms with Gasteiger partial charge in [-0.25, -0.2) is 0 Å². The number of benzene rings is 1. The Morgan fingerprint density at radius 1 is 1.09 bits per heavy atom. The van der Waals surface area contributed by atoms with E-state index < -0.39 is 0 Å². The number of methoxy groups -OCH3 is 2. The first-order valence-corrected chi connectivity index (χ1v) is 12.2. The summed E-state index contributed by atoms with van der Waals surface area (Å²) in [4.78, 5) is 22.1. The molecule has 2 bridgehead atoms. The fourth-order valence-electron chi connectivity index (χ4n) is 6.99. The van der Waals surface area contributed by atoms with Crippen LogP contribution in [0.2, 0.25) is 0 Å². The third-order valence-electron chi connectivity index (χ3n) is 8.30. The molecule has 32 heavy (non-hydrogen) atoms. The number of ether oxygens (including phenoxy) is 2. The Morgan fingerprint density at radius 2 is 1.94 bits per heavy atom. The number of fused-ring (bicyclic) bond motifs is 7. The number of hydrogen-bond donors (Lipinski definition) is 1. The maximum absolute atomic E-state index is 13.8. The molecule has 1 amide bonds. The van der Waals surface area contributed by atoms with E-state index in [1.807, 2.05) is 18.2 Å². The van der Waals surface area contributed by atoms with Gasteiger partial charge in [0.15, 0.2) is 0 Å². The van der Waals surface area contributed by atoms with Crippen molar-refractivity contribution in [2.75, 3.05) is 33.9 Å². The van der Waals surface area contributed by atoms with Crippen molar-refractivity contribution in [3.63, 3.8) is 0 Å². The molecule has 0 radical (unpaired) electrons. The lowest BCUT2D eigenvalue weighted by Crippen LogP contribution is -2.60. The lowest BCUT2D eigenvalue weighted by Gasteiger charge is -2.54. The van der Waals surface area contributed by atoms with Crippen LogP contribution in [0.1, 0.15) is 49.0 Å². The summed E-state index contributed by atoms with van der Waals surface area (Å²) in [6, 6.07) is 6.68. The van der Waals surface area contributed by atoms with Gasteiger partial charge < -0.3 is 19.4 Å². The first-order chi connectivity index (χ1) is 15.7. The molecule has 0 saturated carbocycles. The molecule has 1 aromatic carbocycles. The zero-order chi connectivity index (χ0) is 21.8. The van der Waals surface area contributed by atoms with Gasteiger partial charge in [0.25, 0.3) is 5.91 Å². The van der Waals surface area contributed by atoms with Gasteiger partial charge in [0.2, 0.25) is 0 Å². The van der Waals surface area contributed by atoms with Crippen LogP contribution in [0.5, 0.6) is 11.5 Å².